The predicted molar refractivity (Wildman–Crippen MR) is 124 cm³/mol. The van der Waals surface area contributed by atoms with Crippen LogP contribution in [0.4, 0.5) is 0 Å². The van der Waals surface area contributed by atoms with E-state index in [-0.39, 0.29) is 11.8 Å². The van der Waals surface area contributed by atoms with Crippen LogP contribution < -0.4 is 10.9 Å². The maximum atomic E-state index is 12.2. The molecule has 1 unspecified atom stereocenters. The monoisotopic (exact) mass is 394 g/mol. The molecule has 1 amide bonds. The summed E-state index contributed by atoms with van der Waals surface area (Å²) in [5, 5.41) is 0. The summed E-state index contributed by atoms with van der Waals surface area (Å²) in [6.45, 7) is 7.46. The van der Waals surface area contributed by atoms with Crippen LogP contribution in [-0.2, 0) is 4.79 Å². The van der Waals surface area contributed by atoms with Crippen molar-refractivity contribution in [1.82, 2.24) is 10.9 Å². The first-order valence-corrected chi connectivity index (χ1v) is 12.4. The van der Waals surface area contributed by atoms with E-state index < -0.39 is 0 Å². The molecule has 3 nitrogen and oxygen atoms in total. The van der Waals surface area contributed by atoms with Crippen LogP contribution in [0.5, 0.6) is 0 Å². The molecule has 0 aromatic carbocycles. The van der Waals surface area contributed by atoms with Crippen molar-refractivity contribution < 1.29 is 4.79 Å². The van der Waals surface area contributed by atoms with Crippen LogP contribution in [0, 0.1) is 5.92 Å². The van der Waals surface area contributed by atoms with Gasteiger partial charge in [0.2, 0.25) is 5.91 Å². The van der Waals surface area contributed by atoms with Crippen LogP contribution in [0.2, 0.25) is 0 Å². The summed E-state index contributed by atoms with van der Waals surface area (Å²) in [5.41, 5.74) is 5.97. The molecule has 0 aromatic rings. The van der Waals surface area contributed by atoms with Gasteiger partial charge in [-0.1, -0.05) is 97.1 Å². The Morgan fingerprint density at radius 1 is 0.714 bits per heavy atom. The van der Waals surface area contributed by atoms with Gasteiger partial charge >= 0.3 is 0 Å². The number of carbonyl (C=O) groups is 1. The first-order valence-electron chi connectivity index (χ1n) is 12.4. The summed E-state index contributed by atoms with van der Waals surface area (Å²) in [5.74, 6) is 0.340. The molecule has 0 radical (unpaired) electrons. The fourth-order valence-corrected chi connectivity index (χ4v) is 3.52. The van der Waals surface area contributed by atoms with Crippen molar-refractivity contribution in [1.29, 1.82) is 0 Å². The molecule has 0 aromatic heterocycles. The molecule has 0 spiro atoms. The highest BCUT2D eigenvalue weighted by molar-refractivity contribution is 5.77. The second-order valence-electron chi connectivity index (χ2n) is 8.25. The average molecular weight is 395 g/mol. The molecule has 0 heterocycles. The van der Waals surface area contributed by atoms with E-state index in [9.17, 15) is 4.79 Å². The number of allylic oxidation sites excluding steroid dienone is 2. The Morgan fingerprint density at radius 2 is 1.25 bits per heavy atom. The molecule has 0 fully saturated rings. The third-order valence-electron chi connectivity index (χ3n) is 5.54. The summed E-state index contributed by atoms with van der Waals surface area (Å²) >= 11 is 0. The van der Waals surface area contributed by atoms with Crippen LogP contribution in [0.15, 0.2) is 12.2 Å². The molecule has 0 aliphatic heterocycles. The van der Waals surface area contributed by atoms with Crippen molar-refractivity contribution in [2.45, 2.75) is 130 Å². The van der Waals surface area contributed by atoms with Crippen LogP contribution in [0.1, 0.15) is 130 Å². The third kappa shape index (κ3) is 18.5. The molecule has 0 bridgehead atoms. The molecular weight excluding hydrogens is 344 g/mol. The summed E-state index contributed by atoms with van der Waals surface area (Å²) in [4.78, 5) is 12.2. The number of amides is 1. The maximum absolute atomic E-state index is 12.2. The SMILES string of the molecule is CCCCCCCC/C=C\CCCCCCC(CC)C(=O)NNCCCCC. The number of rotatable bonds is 21. The minimum Gasteiger partial charge on any atom is -0.291 e. The van der Waals surface area contributed by atoms with Crippen molar-refractivity contribution in [3.05, 3.63) is 12.2 Å². The Bertz CT molecular complexity index is 354. The van der Waals surface area contributed by atoms with Gasteiger partial charge in [-0.3, -0.25) is 10.2 Å². The van der Waals surface area contributed by atoms with Gasteiger partial charge in [0.25, 0.3) is 0 Å². The summed E-state index contributed by atoms with van der Waals surface area (Å²) < 4.78 is 0. The molecular formula is C25H50N2O. The Labute approximate surface area is 176 Å². The van der Waals surface area contributed by atoms with Crippen LogP contribution in [0.25, 0.3) is 0 Å². The minimum atomic E-state index is 0.163. The Morgan fingerprint density at radius 3 is 1.86 bits per heavy atom. The van der Waals surface area contributed by atoms with Crippen LogP contribution in [-0.4, -0.2) is 12.5 Å². The topological polar surface area (TPSA) is 41.1 Å². The number of hydrogen-bond donors (Lipinski definition) is 2. The first-order chi connectivity index (χ1) is 13.8. The lowest BCUT2D eigenvalue weighted by Gasteiger charge is -2.15. The Balaban J connectivity index is 3.49. The van der Waals surface area contributed by atoms with E-state index in [1.165, 1.54) is 89.9 Å². The number of hydrazine groups is 1. The molecule has 0 saturated carbocycles. The second kappa shape index (κ2) is 22.5. The van der Waals surface area contributed by atoms with Gasteiger partial charge in [0, 0.05) is 12.5 Å². The van der Waals surface area contributed by atoms with Gasteiger partial charge in [0.1, 0.15) is 0 Å². The molecule has 0 saturated heterocycles. The highest BCUT2D eigenvalue weighted by Gasteiger charge is 2.15. The molecule has 0 aliphatic carbocycles. The maximum Gasteiger partial charge on any atom is 0.237 e. The molecule has 0 aliphatic rings. The van der Waals surface area contributed by atoms with Crippen LogP contribution >= 0.6 is 0 Å². The molecule has 3 heteroatoms. The fourth-order valence-electron chi connectivity index (χ4n) is 3.52. The largest absolute Gasteiger partial charge is 0.291 e. The Kier molecular flexibility index (Phi) is 21.8. The van der Waals surface area contributed by atoms with Crippen molar-refractivity contribution in [3.8, 4) is 0 Å². The van der Waals surface area contributed by atoms with E-state index in [4.69, 9.17) is 0 Å². The van der Waals surface area contributed by atoms with Gasteiger partial charge in [0.05, 0.1) is 0 Å². The third-order valence-corrected chi connectivity index (χ3v) is 5.54. The number of unbranched alkanes of at least 4 members (excludes halogenated alkanes) is 12. The zero-order valence-corrected chi connectivity index (χ0v) is 19.4. The minimum absolute atomic E-state index is 0.163. The normalized spacial score (nSPS) is 12.5. The van der Waals surface area contributed by atoms with Crippen molar-refractivity contribution >= 4 is 5.91 Å². The lowest BCUT2D eigenvalue weighted by Crippen LogP contribution is -2.41. The second-order valence-corrected chi connectivity index (χ2v) is 8.25. The van der Waals surface area contributed by atoms with E-state index in [1.54, 1.807) is 0 Å². The van der Waals surface area contributed by atoms with E-state index >= 15 is 0 Å². The Hall–Kier alpha value is -0.830. The molecule has 1 atom stereocenters. The van der Waals surface area contributed by atoms with Gasteiger partial charge in [-0.25, -0.2) is 5.43 Å². The number of hydrogen-bond acceptors (Lipinski definition) is 2. The van der Waals surface area contributed by atoms with Crippen molar-refractivity contribution in [2.24, 2.45) is 5.92 Å². The average Bonchev–Trinajstić information content (AvgIpc) is 2.70. The van der Waals surface area contributed by atoms with Crippen molar-refractivity contribution in [2.75, 3.05) is 6.54 Å². The van der Waals surface area contributed by atoms with Gasteiger partial charge < -0.3 is 0 Å². The molecule has 2 N–H and O–H groups in total. The zero-order valence-electron chi connectivity index (χ0n) is 19.4. The van der Waals surface area contributed by atoms with Crippen molar-refractivity contribution in [3.63, 3.8) is 0 Å². The van der Waals surface area contributed by atoms with Gasteiger partial charge in [-0.05, 0) is 44.9 Å². The summed E-state index contributed by atoms with van der Waals surface area (Å²) in [6.07, 6.45) is 26.0. The predicted octanol–water partition coefficient (Wildman–Crippen LogP) is 7.47. The zero-order chi connectivity index (χ0) is 20.7. The standard InChI is InChI=1S/C25H50N2O/c1-4-7-9-10-11-12-13-14-15-16-17-18-19-20-22-24(6-3)25(28)27-26-23-21-8-5-2/h14-15,24,26H,4-13,16-23H2,1-3H3,(H,27,28)/b15-14-. The first kappa shape index (κ1) is 27.2. The quantitative estimate of drug-likeness (QED) is 0.120. The van der Waals surface area contributed by atoms with Gasteiger partial charge in [-0.15, -0.1) is 0 Å². The lowest BCUT2D eigenvalue weighted by atomic mass is 9.97. The highest BCUT2D eigenvalue weighted by atomic mass is 16.2. The van der Waals surface area contributed by atoms with Crippen LogP contribution in [0.3, 0.4) is 0 Å². The molecule has 28 heavy (non-hydrogen) atoms. The fraction of sp³-hybridized carbons (Fsp3) is 0.880. The highest BCUT2D eigenvalue weighted by Crippen LogP contribution is 2.15. The van der Waals surface area contributed by atoms with E-state index in [0.717, 1.165) is 25.8 Å². The number of nitrogens with one attached hydrogen (secondary N) is 2. The lowest BCUT2D eigenvalue weighted by molar-refractivity contribution is -0.126. The molecule has 166 valence electrons. The molecule has 0 rings (SSSR count). The van der Waals surface area contributed by atoms with Gasteiger partial charge in [0.15, 0.2) is 0 Å². The van der Waals surface area contributed by atoms with E-state index in [1.807, 2.05) is 0 Å². The van der Waals surface area contributed by atoms with E-state index in [2.05, 4.69) is 43.8 Å². The smallest absolute Gasteiger partial charge is 0.237 e. The summed E-state index contributed by atoms with van der Waals surface area (Å²) in [6, 6.07) is 0. The van der Waals surface area contributed by atoms with E-state index in [0.29, 0.717) is 0 Å². The summed E-state index contributed by atoms with van der Waals surface area (Å²) in [7, 11) is 0. The number of carbonyl (C=O) groups excluding carboxylic acids is 1. The van der Waals surface area contributed by atoms with Gasteiger partial charge in [-0.2, -0.15) is 0 Å².